The summed E-state index contributed by atoms with van der Waals surface area (Å²) in [6.45, 7) is 8.52. The smallest absolute Gasteiger partial charge is 0.103 e. The fourth-order valence-corrected chi connectivity index (χ4v) is 4.59. The van der Waals surface area contributed by atoms with Crippen LogP contribution in [0.3, 0.4) is 0 Å². The molecule has 6 heteroatoms. The molecule has 176 valence electrons. The largest absolute Gasteiger partial charge is 0.379 e. The van der Waals surface area contributed by atoms with Crippen LogP contribution in [0.15, 0.2) is 54.9 Å². The van der Waals surface area contributed by atoms with Gasteiger partial charge < -0.3 is 15.0 Å². The molecule has 0 saturated carbocycles. The minimum Gasteiger partial charge on any atom is -0.379 e. The lowest BCUT2D eigenvalue weighted by atomic mass is 10.0. The molecule has 1 aliphatic rings. The van der Waals surface area contributed by atoms with Gasteiger partial charge in [0.15, 0.2) is 0 Å². The average molecular weight is 464 g/mol. The van der Waals surface area contributed by atoms with Gasteiger partial charge in [-0.05, 0) is 48.7 Å². The number of hydrogen-bond donors (Lipinski definition) is 2. The molecule has 0 bridgehead atoms. The number of nitrogens with one attached hydrogen (secondary N) is 2. The number of nitrogens with zero attached hydrogens (tertiary/aromatic N) is 3. The van der Waals surface area contributed by atoms with Crippen LogP contribution in [-0.4, -0.2) is 41.2 Å². The molecule has 2 aromatic carbocycles. The third kappa shape index (κ3) is 4.97. The monoisotopic (exact) mass is 463 g/mol. The van der Waals surface area contributed by atoms with E-state index in [2.05, 4.69) is 81.7 Å². The number of fused-ring (bicyclic) bond motifs is 1. The van der Waals surface area contributed by atoms with E-state index in [0.29, 0.717) is 5.56 Å². The van der Waals surface area contributed by atoms with Gasteiger partial charge in [0.2, 0.25) is 0 Å². The second kappa shape index (κ2) is 10.1. The lowest BCUT2D eigenvalue weighted by Gasteiger charge is -2.26. The Bertz CT molecular complexity index is 1420. The van der Waals surface area contributed by atoms with Crippen molar-refractivity contribution in [2.75, 3.05) is 31.6 Å². The van der Waals surface area contributed by atoms with Gasteiger partial charge in [0.05, 0.1) is 24.5 Å². The Hall–Kier alpha value is -3.92. The molecular formula is C29H29N5O. The first kappa shape index (κ1) is 22.9. The molecule has 0 atom stereocenters. The second-order valence-corrected chi connectivity index (χ2v) is 8.93. The SMILES string of the molecule is Cc1ncc(C#N)c(Nc2ccc3[nH]ccc3c2C)c1/C=C/c1cccc(CN2CCOCC2)c1. The molecule has 2 aromatic heterocycles. The number of anilines is 2. The van der Waals surface area contributed by atoms with Crippen molar-refractivity contribution in [1.82, 2.24) is 14.9 Å². The molecule has 0 spiro atoms. The molecular weight excluding hydrogens is 434 g/mol. The highest BCUT2D eigenvalue weighted by Gasteiger charge is 2.14. The highest BCUT2D eigenvalue weighted by Crippen LogP contribution is 2.32. The Kier molecular flexibility index (Phi) is 6.62. The number of aromatic amines is 1. The summed E-state index contributed by atoms with van der Waals surface area (Å²) in [6, 6.07) is 17.1. The highest BCUT2D eigenvalue weighted by atomic mass is 16.5. The predicted octanol–water partition coefficient (Wildman–Crippen LogP) is 5.80. The number of pyridine rings is 1. The summed E-state index contributed by atoms with van der Waals surface area (Å²) in [7, 11) is 0. The second-order valence-electron chi connectivity index (χ2n) is 8.93. The molecule has 0 amide bonds. The molecule has 5 rings (SSSR count). The van der Waals surface area contributed by atoms with E-state index in [1.54, 1.807) is 6.20 Å². The standard InChI is InChI=1S/C29H29N5O/c1-20-25-10-11-31-28(25)9-8-27(20)33-29-24(17-30)18-32-21(2)26(29)7-6-22-4-3-5-23(16-22)19-34-12-14-35-15-13-34/h3-11,16,18,31H,12-15,19H2,1-2H3,(H,32,33)/b7-6+. The topological polar surface area (TPSA) is 77.0 Å². The summed E-state index contributed by atoms with van der Waals surface area (Å²) in [5, 5.41) is 14.5. The van der Waals surface area contributed by atoms with Crippen molar-refractivity contribution in [2.45, 2.75) is 20.4 Å². The molecule has 1 fully saturated rings. The summed E-state index contributed by atoms with van der Waals surface area (Å²) in [6.07, 6.45) is 7.74. The Morgan fingerprint density at radius 2 is 2.00 bits per heavy atom. The van der Waals surface area contributed by atoms with Gasteiger partial charge in [-0.1, -0.05) is 36.4 Å². The van der Waals surface area contributed by atoms with Crippen LogP contribution in [0.1, 0.15) is 33.5 Å². The summed E-state index contributed by atoms with van der Waals surface area (Å²) < 4.78 is 5.47. The van der Waals surface area contributed by atoms with E-state index in [0.717, 1.165) is 77.5 Å². The van der Waals surface area contributed by atoms with Gasteiger partial charge in [0, 0.05) is 59.9 Å². The van der Waals surface area contributed by atoms with Crippen molar-refractivity contribution in [3.05, 3.63) is 88.4 Å². The van der Waals surface area contributed by atoms with Crippen molar-refractivity contribution >= 4 is 34.4 Å². The van der Waals surface area contributed by atoms with E-state index in [1.165, 1.54) is 5.56 Å². The lowest BCUT2D eigenvalue weighted by molar-refractivity contribution is 0.0342. The fourth-order valence-electron chi connectivity index (χ4n) is 4.59. The summed E-state index contributed by atoms with van der Waals surface area (Å²) in [5.74, 6) is 0. The molecule has 1 aliphatic heterocycles. The minimum absolute atomic E-state index is 0.518. The van der Waals surface area contributed by atoms with Crippen LogP contribution in [0.5, 0.6) is 0 Å². The molecule has 4 aromatic rings. The number of aromatic nitrogens is 2. The molecule has 0 aliphatic carbocycles. The van der Waals surface area contributed by atoms with Crippen molar-refractivity contribution < 1.29 is 4.74 Å². The van der Waals surface area contributed by atoms with Crippen molar-refractivity contribution in [1.29, 1.82) is 5.26 Å². The normalized spacial score (nSPS) is 14.4. The predicted molar refractivity (Wildman–Crippen MR) is 141 cm³/mol. The van der Waals surface area contributed by atoms with Crippen LogP contribution in [0.4, 0.5) is 11.4 Å². The Balaban J connectivity index is 1.45. The van der Waals surface area contributed by atoms with E-state index >= 15 is 0 Å². The Morgan fingerprint density at radius 1 is 1.14 bits per heavy atom. The Labute approximate surface area is 205 Å². The van der Waals surface area contributed by atoms with Crippen molar-refractivity contribution in [3.8, 4) is 6.07 Å². The zero-order valence-corrected chi connectivity index (χ0v) is 20.1. The number of aryl methyl sites for hydroxylation is 2. The van der Waals surface area contributed by atoms with Crippen LogP contribution in [0.25, 0.3) is 23.1 Å². The number of H-pyrrole nitrogens is 1. The zero-order valence-electron chi connectivity index (χ0n) is 20.1. The van der Waals surface area contributed by atoms with Gasteiger partial charge in [-0.2, -0.15) is 5.26 Å². The van der Waals surface area contributed by atoms with Gasteiger partial charge in [0.1, 0.15) is 6.07 Å². The maximum absolute atomic E-state index is 9.82. The molecule has 0 radical (unpaired) electrons. The number of morpholine rings is 1. The fraction of sp³-hybridized carbons (Fsp3) is 0.241. The third-order valence-electron chi connectivity index (χ3n) is 6.60. The first-order valence-electron chi connectivity index (χ1n) is 11.9. The number of ether oxygens (including phenoxy) is 1. The quantitative estimate of drug-likeness (QED) is 0.378. The molecule has 35 heavy (non-hydrogen) atoms. The van der Waals surface area contributed by atoms with Crippen LogP contribution in [-0.2, 0) is 11.3 Å². The maximum Gasteiger partial charge on any atom is 0.103 e. The first-order chi connectivity index (χ1) is 17.1. The van der Waals surface area contributed by atoms with Gasteiger partial charge in [-0.15, -0.1) is 0 Å². The van der Waals surface area contributed by atoms with Crippen LogP contribution in [0.2, 0.25) is 0 Å². The van der Waals surface area contributed by atoms with E-state index in [1.807, 2.05) is 19.2 Å². The minimum atomic E-state index is 0.518. The molecule has 0 unspecified atom stereocenters. The maximum atomic E-state index is 9.82. The van der Waals surface area contributed by atoms with E-state index in [4.69, 9.17) is 4.74 Å². The van der Waals surface area contributed by atoms with Crippen molar-refractivity contribution in [3.63, 3.8) is 0 Å². The number of benzene rings is 2. The van der Waals surface area contributed by atoms with Gasteiger partial charge in [0.25, 0.3) is 0 Å². The first-order valence-corrected chi connectivity index (χ1v) is 11.9. The molecule has 2 N–H and O–H groups in total. The highest BCUT2D eigenvalue weighted by molar-refractivity contribution is 5.90. The zero-order chi connectivity index (χ0) is 24.2. The lowest BCUT2D eigenvalue weighted by Crippen LogP contribution is -2.35. The van der Waals surface area contributed by atoms with Gasteiger partial charge >= 0.3 is 0 Å². The van der Waals surface area contributed by atoms with Crippen LogP contribution < -0.4 is 5.32 Å². The molecule has 6 nitrogen and oxygen atoms in total. The van der Waals surface area contributed by atoms with Crippen LogP contribution >= 0.6 is 0 Å². The molecule has 3 heterocycles. The van der Waals surface area contributed by atoms with Crippen molar-refractivity contribution in [2.24, 2.45) is 0 Å². The Morgan fingerprint density at radius 3 is 2.83 bits per heavy atom. The summed E-state index contributed by atoms with van der Waals surface area (Å²) in [4.78, 5) is 10.2. The number of rotatable bonds is 6. The van der Waals surface area contributed by atoms with Gasteiger partial charge in [-0.25, -0.2) is 0 Å². The van der Waals surface area contributed by atoms with Gasteiger partial charge in [-0.3, -0.25) is 9.88 Å². The summed E-state index contributed by atoms with van der Waals surface area (Å²) in [5.41, 5.74) is 8.68. The molecule has 1 saturated heterocycles. The number of nitriles is 1. The van der Waals surface area contributed by atoms with E-state index < -0.39 is 0 Å². The third-order valence-corrected chi connectivity index (χ3v) is 6.60. The van der Waals surface area contributed by atoms with E-state index in [9.17, 15) is 5.26 Å². The summed E-state index contributed by atoms with van der Waals surface area (Å²) >= 11 is 0. The van der Waals surface area contributed by atoms with Crippen LogP contribution in [0, 0.1) is 25.2 Å². The van der Waals surface area contributed by atoms with E-state index in [-0.39, 0.29) is 0 Å². The number of hydrogen-bond acceptors (Lipinski definition) is 5. The average Bonchev–Trinajstić information content (AvgIpc) is 3.36.